The van der Waals surface area contributed by atoms with Crippen molar-refractivity contribution in [3.05, 3.63) is 179 Å². The van der Waals surface area contributed by atoms with E-state index in [2.05, 4.69) is 74.5 Å². The summed E-state index contributed by atoms with van der Waals surface area (Å²) in [6.45, 7) is 4.56. The van der Waals surface area contributed by atoms with Crippen LogP contribution in [0.3, 0.4) is 0 Å². The minimum absolute atomic E-state index is 0.121. The maximum absolute atomic E-state index is 13.3. The molecule has 6 aromatic rings. The van der Waals surface area contributed by atoms with Gasteiger partial charge in [-0.25, -0.2) is 16.8 Å². The molecule has 0 spiro atoms. The van der Waals surface area contributed by atoms with Crippen LogP contribution in [0.2, 0.25) is 0 Å². The van der Waals surface area contributed by atoms with Crippen molar-refractivity contribution >= 4 is 44.0 Å². The molecular formula is C61H70O4S2. The third-order valence-corrected chi connectivity index (χ3v) is 17.3. The Balaban J connectivity index is 1.18. The number of hydrogen-bond donors (Lipinski definition) is 0. The van der Waals surface area contributed by atoms with Crippen molar-refractivity contribution in [3.63, 3.8) is 0 Å². The second kappa shape index (κ2) is 24.1. The highest BCUT2D eigenvalue weighted by molar-refractivity contribution is 7.91. The van der Waals surface area contributed by atoms with Gasteiger partial charge >= 0.3 is 0 Å². The fraction of sp³-hybridized carbons (Fsp3) is 0.344. The number of sulfone groups is 2. The first-order valence-electron chi connectivity index (χ1n) is 25.1. The number of unbranched alkanes of at least 4 members (excludes halogenated alkanes) is 14. The average molecular weight is 931 g/mol. The number of benzene rings is 6. The Bertz CT molecular complexity index is 2580. The summed E-state index contributed by atoms with van der Waals surface area (Å²) in [6, 6.07) is 45.6. The Morgan fingerprint density at radius 3 is 1.00 bits per heavy atom. The van der Waals surface area contributed by atoms with Gasteiger partial charge in [0.05, 0.1) is 19.6 Å². The molecule has 0 atom stereocenters. The summed E-state index contributed by atoms with van der Waals surface area (Å²) in [4.78, 5) is 1.18. The summed E-state index contributed by atoms with van der Waals surface area (Å²) in [5.41, 5.74) is 9.56. The van der Waals surface area contributed by atoms with Gasteiger partial charge in [0.2, 0.25) is 19.7 Å². The van der Waals surface area contributed by atoms with Crippen LogP contribution in [0.1, 0.15) is 163 Å². The minimum Gasteiger partial charge on any atom is -0.219 e. The molecule has 0 N–H and O–H groups in total. The van der Waals surface area contributed by atoms with E-state index in [9.17, 15) is 16.8 Å². The van der Waals surface area contributed by atoms with Crippen LogP contribution in [0.25, 0.3) is 35.4 Å². The summed E-state index contributed by atoms with van der Waals surface area (Å²) in [7, 11) is -7.18. The normalized spacial score (nSPS) is 13.3. The standard InChI is InChI=1S/C61H70O4S2/c1-3-5-7-9-11-13-15-23-45-61(46-24-16-14-12-10-8-6-4-2)59-47-51(31-29-49-33-39-55(40-34-49)66(62,63)53-25-19-17-20-26-53)37-43-57(59)58-44-38-52(48-60(58)61)32-30-50-35-41-56(42-36-50)67(64,65)54-27-21-18-22-28-54/h17-22,25-44,47-48H,3-16,23-24,45-46H2,1-2H3/b31-29+,32-30+. The smallest absolute Gasteiger partial charge is 0.206 e. The van der Waals surface area contributed by atoms with E-state index < -0.39 is 19.7 Å². The van der Waals surface area contributed by atoms with Gasteiger partial charge in [-0.15, -0.1) is 0 Å². The van der Waals surface area contributed by atoms with Crippen molar-refractivity contribution in [1.82, 2.24) is 0 Å². The molecule has 0 aliphatic heterocycles. The maximum atomic E-state index is 13.3. The number of hydrogen-bond acceptors (Lipinski definition) is 4. The summed E-state index contributed by atoms with van der Waals surface area (Å²) < 4.78 is 53.1. The van der Waals surface area contributed by atoms with E-state index in [1.54, 1.807) is 72.8 Å². The molecule has 67 heavy (non-hydrogen) atoms. The highest BCUT2D eigenvalue weighted by Gasteiger charge is 2.42. The molecule has 0 amide bonds. The van der Waals surface area contributed by atoms with Crippen molar-refractivity contribution in [2.24, 2.45) is 0 Å². The van der Waals surface area contributed by atoms with Gasteiger partial charge in [0.1, 0.15) is 0 Å². The molecule has 6 aromatic carbocycles. The molecule has 0 heterocycles. The fourth-order valence-electron chi connectivity index (χ4n) is 9.90. The van der Waals surface area contributed by atoms with Gasteiger partial charge in [-0.05, 0) is 106 Å². The lowest BCUT2D eigenvalue weighted by atomic mass is 9.70. The second-order valence-electron chi connectivity index (χ2n) is 18.6. The third-order valence-electron chi connectivity index (χ3n) is 13.7. The van der Waals surface area contributed by atoms with Crippen molar-refractivity contribution in [1.29, 1.82) is 0 Å². The molecule has 0 radical (unpaired) electrons. The molecule has 6 heteroatoms. The van der Waals surface area contributed by atoms with Crippen molar-refractivity contribution in [2.75, 3.05) is 0 Å². The Kier molecular flexibility index (Phi) is 17.9. The highest BCUT2D eigenvalue weighted by Crippen LogP contribution is 2.55. The molecule has 7 rings (SSSR count). The van der Waals surface area contributed by atoms with E-state index in [1.165, 1.54) is 125 Å². The summed E-state index contributed by atoms with van der Waals surface area (Å²) in [6.07, 6.45) is 31.2. The van der Waals surface area contributed by atoms with Crippen LogP contribution in [0.5, 0.6) is 0 Å². The van der Waals surface area contributed by atoms with Crippen molar-refractivity contribution in [3.8, 4) is 11.1 Å². The van der Waals surface area contributed by atoms with Gasteiger partial charge < -0.3 is 0 Å². The average Bonchev–Trinajstić information content (AvgIpc) is 3.62. The van der Waals surface area contributed by atoms with E-state index in [0.717, 1.165) is 35.1 Å². The van der Waals surface area contributed by atoms with Crippen LogP contribution >= 0.6 is 0 Å². The van der Waals surface area contributed by atoms with Crippen LogP contribution in [-0.4, -0.2) is 16.8 Å². The van der Waals surface area contributed by atoms with Crippen molar-refractivity contribution in [2.45, 2.75) is 154 Å². The van der Waals surface area contributed by atoms with E-state index in [1.807, 2.05) is 36.4 Å². The lowest BCUT2D eigenvalue weighted by Gasteiger charge is -2.33. The van der Waals surface area contributed by atoms with Gasteiger partial charge in [-0.3, -0.25) is 0 Å². The Labute approximate surface area is 403 Å². The predicted molar refractivity (Wildman–Crippen MR) is 282 cm³/mol. The quantitative estimate of drug-likeness (QED) is 0.0401. The molecule has 1 aliphatic carbocycles. The summed E-state index contributed by atoms with van der Waals surface area (Å²) in [5.74, 6) is 0. The topological polar surface area (TPSA) is 68.3 Å². The molecule has 0 saturated carbocycles. The minimum atomic E-state index is -3.59. The zero-order chi connectivity index (χ0) is 47.0. The first kappa shape index (κ1) is 49.6. The van der Waals surface area contributed by atoms with Gasteiger partial charge in [0, 0.05) is 5.41 Å². The van der Waals surface area contributed by atoms with Crippen LogP contribution in [-0.2, 0) is 25.1 Å². The van der Waals surface area contributed by atoms with E-state index >= 15 is 0 Å². The molecular weight excluding hydrogens is 861 g/mol. The Hall–Kier alpha value is -5.30. The third kappa shape index (κ3) is 12.6. The lowest BCUT2D eigenvalue weighted by Crippen LogP contribution is -2.25. The summed E-state index contributed by atoms with van der Waals surface area (Å²) in [5, 5.41) is 0. The van der Waals surface area contributed by atoms with Crippen LogP contribution in [0, 0.1) is 0 Å². The van der Waals surface area contributed by atoms with E-state index in [-0.39, 0.29) is 5.41 Å². The van der Waals surface area contributed by atoms with Gasteiger partial charge in [-0.2, -0.15) is 0 Å². The van der Waals surface area contributed by atoms with Crippen LogP contribution in [0.15, 0.2) is 165 Å². The molecule has 0 aromatic heterocycles. The molecule has 1 aliphatic rings. The first-order valence-corrected chi connectivity index (χ1v) is 28.1. The lowest BCUT2D eigenvalue weighted by molar-refractivity contribution is 0.397. The molecule has 0 unspecified atom stereocenters. The second-order valence-corrected chi connectivity index (χ2v) is 22.5. The SMILES string of the molecule is CCCCCCCCCCC1(CCCCCCCCCC)c2cc(/C=C/c3ccc(S(=O)(=O)c4ccccc4)cc3)ccc2-c2ccc(/C=C/c3ccc(S(=O)(=O)c4ccccc4)cc3)cc21. The maximum Gasteiger partial charge on any atom is 0.206 e. The number of rotatable bonds is 26. The number of fused-ring (bicyclic) bond motifs is 3. The molecule has 350 valence electrons. The molecule has 0 fully saturated rings. The van der Waals surface area contributed by atoms with Gasteiger partial charge in [0.25, 0.3) is 0 Å². The zero-order valence-corrected chi connectivity index (χ0v) is 41.5. The molecule has 0 saturated heterocycles. The van der Waals surface area contributed by atoms with Gasteiger partial charge in [-0.1, -0.05) is 238 Å². The van der Waals surface area contributed by atoms with Crippen LogP contribution in [0.4, 0.5) is 0 Å². The van der Waals surface area contributed by atoms with E-state index in [0.29, 0.717) is 19.6 Å². The zero-order valence-electron chi connectivity index (χ0n) is 39.8. The first-order chi connectivity index (χ1) is 32.7. The monoisotopic (exact) mass is 930 g/mol. The van der Waals surface area contributed by atoms with Crippen molar-refractivity contribution < 1.29 is 16.8 Å². The fourth-order valence-corrected chi connectivity index (χ4v) is 12.5. The van der Waals surface area contributed by atoms with E-state index in [4.69, 9.17) is 0 Å². The highest BCUT2D eigenvalue weighted by atomic mass is 32.2. The van der Waals surface area contributed by atoms with Gasteiger partial charge in [0.15, 0.2) is 0 Å². The Morgan fingerprint density at radius 1 is 0.343 bits per heavy atom. The molecule has 0 bridgehead atoms. The summed E-state index contributed by atoms with van der Waals surface area (Å²) >= 11 is 0. The largest absolute Gasteiger partial charge is 0.219 e. The molecule has 4 nitrogen and oxygen atoms in total. The Morgan fingerprint density at radius 2 is 0.642 bits per heavy atom. The van der Waals surface area contributed by atoms with Crippen LogP contribution < -0.4 is 0 Å². The predicted octanol–water partition coefficient (Wildman–Crippen LogP) is 17.0.